The van der Waals surface area contributed by atoms with Crippen molar-refractivity contribution in [3.63, 3.8) is 0 Å². The minimum Gasteiger partial charge on any atom is -0.493 e. The summed E-state index contributed by atoms with van der Waals surface area (Å²) in [6.45, 7) is 3.87. The van der Waals surface area contributed by atoms with Crippen LogP contribution in [0.25, 0.3) is 0 Å². The Kier molecular flexibility index (Phi) is 5.86. The summed E-state index contributed by atoms with van der Waals surface area (Å²) in [5, 5.41) is 3.30. The highest BCUT2D eigenvalue weighted by Crippen LogP contribution is 2.34. The van der Waals surface area contributed by atoms with E-state index in [-0.39, 0.29) is 6.04 Å². The molecular formula is C20H27N3O. The Morgan fingerprint density at radius 3 is 2.54 bits per heavy atom. The molecule has 1 aliphatic rings. The Morgan fingerprint density at radius 2 is 1.75 bits per heavy atom. The summed E-state index contributed by atoms with van der Waals surface area (Å²) < 4.78 is 6.13. The SMILES string of the molecule is CNCC1C(C)NNC1c1ccccc1OCCc1ccccc1. The molecule has 2 aromatic carbocycles. The molecule has 4 nitrogen and oxygen atoms in total. The van der Waals surface area contributed by atoms with Gasteiger partial charge in [-0.05, 0) is 25.6 Å². The second-order valence-electron chi connectivity index (χ2n) is 6.40. The van der Waals surface area contributed by atoms with Gasteiger partial charge in [-0.15, -0.1) is 0 Å². The summed E-state index contributed by atoms with van der Waals surface area (Å²) in [5.74, 6) is 1.46. The summed E-state index contributed by atoms with van der Waals surface area (Å²) in [6, 6.07) is 19.5. The Balaban J connectivity index is 1.68. The highest BCUT2D eigenvalue weighted by molar-refractivity contribution is 5.37. The molecule has 2 aromatic rings. The molecule has 0 spiro atoms. The summed E-state index contributed by atoms with van der Waals surface area (Å²) in [7, 11) is 2.00. The van der Waals surface area contributed by atoms with E-state index in [4.69, 9.17) is 4.74 Å². The van der Waals surface area contributed by atoms with Crippen molar-refractivity contribution in [2.24, 2.45) is 5.92 Å². The molecule has 24 heavy (non-hydrogen) atoms. The van der Waals surface area contributed by atoms with Crippen LogP contribution >= 0.6 is 0 Å². The van der Waals surface area contributed by atoms with E-state index in [0.717, 1.165) is 18.7 Å². The third-order valence-corrected chi connectivity index (χ3v) is 4.72. The van der Waals surface area contributed by atoms with E-state index in [2.05, 4.69) is 65.6 Å². The average Bonchev–Trinajstić information content (AvgIpc) is 2.97. The first-order valence-corrected chi connectivity index (χ1v) is 8.71. The van der Waals surface area contributed by atoms with E-state index in [1.807, 2.05) is 19.2 Å². The monoisotopic (exact) mass is 325 g/mol. The number of benzene rings is 2. The lowest BCUT2D eigenvalue weighted by Gasteiger charge is -2.23. The molecule has 3 N–H and O–H groups in total. The molecule has 0 saturated carbocycles. The first kappa shape index (κ1) is 17.0. The molecule has 3 atom stereocenters. The molecule has 1 saturated heterocycles. The Bertz CT molecular complexity index is 632. The minimum absolute atomic E-state index is 0.250. The first-order chi connectivity index (χ1) is 11.8. The van der Waals surface area contributed by atoms with Gasteiger partial charge in [-0.1, -0.05) is 48.5 Å². The number of hydrogen-bond donors (Lipinski definition) is 3. The van der Waals surface area contributed by atoms with Gasteiger partial charge in [-0.2, -0.15) is 0 Å². The third-order valence-electron chi connectivity index (χ3n) is 4.72. The zero-order valence-electron chi connectivity index (χ0n) is 14.5. The molecule has 1 heterocycles. The van der Waals surface area contributed by atoms with Crippen LogP contribution in [0.5, 0.6) is 5.75 Å². The first-order valence-electron chi connectivity index (χ1n) is 8.71. The van der Waals surface area contributed by atoms with Crippen molar-refractivity contribution in [3.8, 4) is 5.75 Å². The van der Waals surface area contributed by atoms with Gasteiger partial charge in [-0.25, -0.2) is 5.43 Å². The molecule has 4 heteroatoms. The number of rotatable bonds is 7. The van der Waals surface area contributed by atoms with E-state index in [9.17, 15) is 0 Å². The number of para-hydroxylation sites is 1. The van der Waals surface area contributed by atoms with Crippen LogP contribution in [0.15, 0.2) is 54.6 Å². The summed E-state index contributed by atoms with van der Waals surface area (Å²) >= 11 is 0. The predicted octanol–water partition coefficient (Wildman–Crippen LogP) is 2.68. The smallest absolute Gasteiger partial charge is 0.124 e. The van der Waals surface area contributed by atoms with Crippen molar-refractivity contribution in [1.29, 1.82) is 0 Å². The average molecular weight is 325 g/mol. The summed E-state index contributed by atoms with van der Waals surface area (Å²) in [5.41, 5.74) is 9.33. The maximum absolute atomic E-state index is 6.13. The van der Waals surface area contributed by atoms with Crippen LogP contribution in [0.4, 0.5) is 0 Å². The van der Waals surface area contributed by atoms with Crippen molar-refractivity contribution >= 4 is 0 Å². The lowest BCUT2D eigenvalue weighted by atomic mass is 9.89. The standard InChI is InChI=1S/C20H27N3O/c1-15-18(14-21-2)20(23-22-15)17-10-6-7-11-19(17)24-13-12-16-8-4-3-5-9-16/h3-11,15,18,20-23H,12-14H2,1-2H3. The Morgan fingerprint density at radius 1 is 1.00 bits per heavy atom. The fourth-order valence-corrected chi connectivity index (χ4v) is 3.36. The van der Waals surface area contributed by atoms with Crippen molar-refractivity contribution in [2.45, 2.75) is 25.4 Å². The largest absolute Gasteiger partial charge is 0.493 e. The van der Waals surface area contributed by atoms with Crippen LogP contribution in [0.3, 0.4) is 0 Å². The molecule has 0 bridgehead atoms. The highest BCUT2D eigenvalue weighted by atomic mass is 16.5. The lowest BCUT2D eigenvalue weighted by molar-refractivity contribution is 0.310. The van der Waals surface area contributed by atoms with Crippen molar-refractivity contribution in [3.05, 3.63) is 65.7 Å². The van der Waals surface area contributed by atoms with Crippen LogP contribution in [-0.2, 0) is 6.42 Å². The van der Waals surface area contributed by atoms with Crippen LogP contribution in [0, 0.1) is 5.92 Å². The third kappa shape index (κ3) is 3.96. The molecule has 128 valence electrons. The maximum Gasteiger partial charge on any atom is 0.124 e. The van der Waals surface area contributed by atoms with Gasteiger partial charge in [0.25, 0.3) is 0 Å². The van der Waals surface area contributed by atoms with Gasteiger partial charge < -0.3 is 10.1 Å². The fraction of sp³-hybridized carbons (Fsp3) is 0.400. The Hall–Kier alpha value is -1.88. The fourth-order valence-electron chi connectivity index (χ4n) is 3.36. The van der Waals surface area contributed by atoms with E-state index in [0.29, 0.717) is 18.6 Å². The molecule has 0 aromatic heterocycles. The van der Waals surface area contributed by atoms with Crippen LogP contribution < -0.4 is 20.9 Å². The second-order valence-corrected chi connectivity index (χ2v) is 6.40. The number of nitrogens with one attached hydrogen (secondary N) is 3. The Labute approximate surface area is 144 Å². The van der Waals surface area contributed by atoms with Gasteiger partial charge in [0.2, 0.25) is 0 Å². The minimum atomic E-state index is 0.250. The maximum atomic E-state index is 6.13. The van der Waals surface area contributed by atoms with Crippen molar-refractivity contribution in [1.82, 2.24) is 16.2 Å². The van der Waals surface area contributed by atoms with Crippen molar-refractivity contribution < 1.29 is 4.74 Å². The van der Waals surface area contributed by atoms with Gasteiger partial charge in [0, 0.05) is 30.5 Å². The topological polar surface area (TPSA) is 45.3 Å². The molecule has 1 fully saturated rings. The molecule has 3 rings (SSSR count). The van der Waals surface area contributed by atoms with Gasteiger partial charge in [0.15, 0.2) is 0 Å². The molecule has 1 aliphatic heterocycles. The predicted molar refractivity (Wildman–Crippen MR) is 98.0 cm³/mol. The summed E-state index contributed by atoms with van der Waals surface area (Å²) in [4.78, 5) is 0. The quantitative estimate of drug-likeness (QED) is 0.732. The van der Waals surface area contributed by atoms with Gasteiger partial charge in [0.1, 0.15) is 5.75 Å². The molecule has 0 amide bonds. The normalized spacial score (nSPS) is 23.3. The zero-order valence-corrected chi connectivity index (χ0v) is 14.5. The highest BCUT2D eigenvalue weighted by Gasteiger charge is 2.34. The van der Waals surface area contributed by atoms with Gasteiger partial charge >= 0.3 is 0 Å². The number of ether oxygens (including phenoxy) is 1. The molecule has 3 unspecified atom stereocenters. The van der Waals surface area contributed by atoms with E-state index in [1.165, 1.54) is 11.1 Å². The van der Waals surface area contributed by atoms with E-state index >= 15 is 0 Å². The van der Waals surface area contributed by atoms with E-state index in [1.54, 1.807) is 0 Å². The van der Waals surface area contributed by atoms with Gasteiger partial charge in [0.05, 0.1) is 12.6 Å². The van der Waals surface area contributed by atoms with Crippen LogP contribution in [-0.4, -0.2) is 26.2 Å². The summed E-state index contributed by atoms with van der Waals surface area (Å²) in [6.07, 6.45) is 0.919. The number of hydrogen-bond acceptors (Lipinski definition) is 4. The zero-order chi connectivity index (χ0) is 16.8. The molecule has 0 aliphatic carbocycles. The van der Waals surface area contributed by atoms with Crippen LogP contribution in [0.1, 0.15) is 24.1 Å². The van der Waals surface area contributed by atoms with Gasteiger partial charge in [-0.3, -0.25) is 5.43 Å². The number of hydrazine groups is 1. The lowest BCUT2D eigenvalue weighted by Crippen LogP contribution is -2.31. The second kappa shape index (κ2) is 8.29. The van der Waals surface area contributed by atoms with E-state index < -0.39 is 0 Å². The molecular weight excluding hydrogens is 298 g/mol. The van der Waals surface area contributed by atoms with Crippen molar-refractivity contribution in [2.75, 3.05) is 20.2 Å². The van der Waals surface area contributed by atoms with Crippen LogP contribution in [0.2, 0.25) is 0 Å². The molecule has 0 radical (unpaired) electrons.